The first kappa shape index (κ1) is 20.8. The summed E-state index contributed by atoms with van der Waals surface area (Å²) in [6.45, 7) is 6.01. The Morgan fingerprint density at radius 1 is 1.21 bits per heavy atom. The second-order valence-corrected chi connectivity index (χ2v) is 8.31. The number of guanidine groups is 1. The number of rotatable bonds is 7. The quantitative estimate of drug-likeness (QED) is 0.574. The molecule has 1 spiro atoms. The SMILES string of the molecule is CCNC(=NCC(c1ccc(OC)c(OC)c1)N(C)C)N1CCC2(CCC2)C1. The van der Waals surface area contributed by atoms with Crippen LogP contribution in [0.2, 0.25) is 0 Å². The highest BCUT2D eigenvalue weighted by Crippen LogP contribution is 2.47. The van der Waals surface area contributed by atoms with E-state index in [9.17, 15) is 0 Å². The Bertz CT molecular complexity index is 685. The Hall–Kier alpha value is -1.95. The molecule has 1 aliphatic heterocycles. The molecule has 1 saturated heterocycles. The predicted octanol–water partition coefficient (Wildman–Crippen LogP) is 3.15. The van der Waals surface area contributed by atoms with Crippen molar-refractivity contribution >= 4 is 5.96 Å². The van der Waals surface area contributed by atoms with Crippen molar-refractivity contribution in [3.05, 3.63) is 23.8 Å². The maximum absolute atomic E-state index is 5.49. The van der Waals surface area contributed by atoms with Crippen molar-refractivity contribution < 1.29 is 9.47 Å². The van der Waals surface area contributed by atoms with Gasteiger partial charge in [-0.15, -0.1) is 0 Å². The van der Waals surface area contributed by atoms with Gasteiger partial charge in [0, 0.05) is 19.6 Å². The van der Waals surface area contributed by atoms with E-state index in [4.69, 9.17) is 14.5 Å². The van der Waals surface area contributed by atoms with Crippen molar-refractivity contribution in [1.29, 1.82) is 0 Å². The van der Waals surface area contributed by atoms with Gasteiger partial charge in [0.15, 0.2) is 17.5 Å². The molecule has 1 aromatic carbocycles. The van der Waals surface area contributed by atoms with E-state index in [-0.39, 0.29) is 6.04 Å². The second-order valence-electron chi connectivity index (χ2n) is 8.31. The zero-order valence-corrected chi connectivity index (χ0v) is 18.1. The fraction of sp³-hybridized carbons (Fsp3) is 0.682. The molecule has 28 heavy (non-hydrogen) atoms. The van der Waals surface area contributed by atoms with E-state index in [1.165, 1.54) is 31.2 Å². The molecule has 156 valence electrons. The highest BCUT2D eigenvalue weighted by Gasteiger charge is 2.43. The number of methoxy groups -OCH3 is 2. The molecule has 0 aromatic heterocycles. The standard InChI is InChI=1S/C22H36N4O2/c1-6-23-21(26-13-12-22(16-26)10-7-11-22)24-15-18(25(2)3)17-8-9-19(27-4)20(14-17)28-5/h8-9,14,18H,6-7,10-13,15-16H2,1-5H3,(H,23,24). The Morgan fingerprint density at radius 2 is 1.96 bits per heavy atom. The molecule has 2 fully saturated rings. The van der Waals surface area contributed by atoms with Gasteiger partial charge in [-0.2, -0.15) is 0 Å². The van der Waals surface area contributed by atoms with Gasteiger partial charge in [-0.1, -0.05) is 12.5 Å². The third-order valence-corrected chi connectivity index (χ3v) is 6.32. The first-order chi connectivity index (χ1) is 13.5. The van der Waals surface area contributed by atoms with Crippen molar-refractivity contribution in [2.24, 2.45) is 10.4 Å². The van der Waals surface area contributed by atoms with Crippen LogP contribution in [0.3, 0.4) is 0 Å². The zero-order chi connectivity index (χ0) is 20.1. The minimum absolute atomic E-state index is 0.175. The fourth-order valence-corrected chi connectivity index (χ4v) is 4.43. The fourth-order valence-electron chi connectivity index (χ4n) is 4.43. The van der Waals surface area contributed by atoms with Gasteiger partial charge in [-0.25, -0.2) is 0 Å². The summed E-state index contributed by atoms with van der Waals surface area (Å²) >= 11 is 0. The first-order valence-electron chi connectivity index (χ1n) is 10.4. The van der Waals surface area contributed by atoms with E-state index < -0.39 is 0 Å². The lowest BCUT2D eigenvalue weighted by atomic mass is 9.68. The Kier molecular flexibility index (Phi) is 6.70. The van der Waals surface area contributed by atoms with E-state index in [1.807, 2.05) is 6.07 Å². The molecule has 6 nitrogen and oxygen atoms in total. The van der Waals surface area contributed by atoms with Gasteiger partial charge in [-0.3, -0.25) is 4.99 Å². The number of hydrogen-bond donors (Lipinski definition) is 1. The maximum atomic E-state index is 5.49. The number of aliphatic imine (C=N–C) groups is 1. The molecule has 0 radical (unpaired) electrons. The summed E-state index contributed by atoms with van der Waals surface area (Å²) in [6.07, 6.45) is 5.47. The number of ether oxygens (including phenoxy) is 2. The molecule has 1 N–H and O–H groups in total. The molecule has 3 rings (SSSR count). The summed E-state index contributed by atoms with van der Waals surface area (Å²) in [5.41, 5.74) is 1.75. The Morgan fingerprint density at radius 3 is 2.50 bits per heavy atom. The number of likely N-dealkylation sites (tertiary alicyclic amines) is 1. The monoisotopic (exact) mass is 388 g/mol. The third kappa shape index (κ3) is 4.37. The second kappa shape index (κ2) is 9.03. The van der Waals surface area contributed by atoms with Crippen molar-refractivity contribution in [2.75, 3.05) is 54.5 Å². The summed E-state index contributed by atoms with van der Waals surface area (Å²) in [4.78, 5) is 9.71. The van der Waals surface area contributed by atoms with Crippen LogP contribution in [0.4, 0.5) is 0 Å². The normalized spacial score (nSPS) is 19.6. The van der Waals surface area contributed by atoms with Gasteiger partial charge >= 0.3 is 0 Å². The van der Waals surface area contributed by atoms with Gasteiger partial charge < -0.3 is 24.6 Å². The van der Waals surface area contributed by atoms with Crippen molar-refractivity contribution in [1.82, 2.24) is 15.1 Å². The molecular weight excluding hydrogens is 352 g/mol. The topological polar surface area (TPSA) is 49.3 Å². The van der Waals surface area contributed by atoms with E-state index in [1.54, 1.807) is 14.2 Å². The van der Waals surface area contributed by atoms with Gasteiger partial charge in [0.25, 0.3) is 0 Å². The van der Waals surface area contributed by atoms with Crippen LogP contribution < -0.4 is 14.8 Å². The minimum atomic E-state index is 0.175. The maximum Gasteiger partial charge on any atom is 0.194 e. The van der Waals surface area contributed by atoms with Crippen molar-refractivity contribution in [3.8, 4) is 11.5 Å². The number of benzene rings is 1. The van der Waals surface area contributed by atoms with E-state index in [0.717, 1.165) is 37.1 Å². The molecule has 1 unspecified atom stereocenters. The van der Waals surface area contributed by atoms with E-state index in [0.29, 0.717) is 12.0 Å². The molecule has 1 aromatic rings. The molecule has 1 heterocycles. The van der Waals surface area contributed by atoms with Crippen LogP contribution in [0.15, 0.2) is 23.2 Å². The smallest absolute Gasteiger partial charge is 0.194 e. The first-order valence-corrected chi connectivity index (χ1v) is 10.4. The largest absolute Gasteiger partial charge is 0.493 e. The van der Waals surface area contributed by atoms with Crippen molar-refractivity contribution in [3.63, 3.8) is 0 Å². The predicted molar refractivity (Wildman–Crippen MR) is 114 cm³/mol. The number of nitrogens with one attached hydrogen (secondary N) is 1. The number of nitrogens with zero attached hydrogens (tertiary/aromatic N) is 3. The van der Waals surface area contributed by atoms with E-state index in [2.05, 4.69) is 48.3 Å². The summed E-state index contributed by atoms with van der Waals surface area (Å²) in [5, 5.41) is 3.51. The summed E-state index contributed by atoms with van der Waals surface area (Å²) in [6, 6.07) is 6.31. The number of hydrogen-bond acceptors (Lipinski definition) is 4. The lowest BCUT2D eigenvalue weighted by Crippen LogP contribution is -2.43. The molecule has 6 heteroatoms. The van der Waals surface area contributed by atoms with Crippen LogP contribution in [0, 0.1) is 5.41 Å². The molecule has 1 atom stereocenters. The van der Waals surface area contributed by atoms with Crippen LogP contribution in [0.25, 0.3) is 0 Å². The summed E-state index contributed by atoms with van der Waals surface area (Å²) < 4.78 is 10.9. The highest BCUT2D eigenvalue weighted by atomic mass is 16.5. The van der Waals surface area contributed by atoms with Crippen LogP contribution in [0.5, 0.6) is 11.5 Å². The van der Waals surface area contributed by atoms with Crippen LogP contribution >= 0.6 is 0 Å². The number of likely N-dealkylation sites (N-methyl/N-ethyl adjacent to an activating group) is 1. The average molecular weight is 389 g/mol. The highest BCUT2D eigenvalue weighted by molar-refractivity contribution is 5.80. The van der Waals surface area contributed by atoms with Crippen LogP contribution in [-0.2, 0) is 0 Å². The lowest BCUT2D eigenvalue weighted by Gasteiger charge is -2.38. The zero-order valence-electron chi connectivity index (χ0n) is 18.1. The van der Waals surface area contributed by atoms with Gasteiger partial charge in [0.05, 0.1) is 26.8 Å². The molecule has 1 saturated carbocycles. The third-order valence-electron chi connectivity index (χ3n) is 6.32. The summed E-state index contributed by atoms with van der Waals surface area (Å²) in [5.74, 6) is 2.57. The average Bonchev–Trinajstić information content (AvgIpc) is 3.13. The molecule has 0 amide bonds. The van der Waals surface area contributed by atoms with E-state index >= 15 is 0 Å². The molecule has 1 aliphatic carbocycles. The lowest BCUT2D eigenvalue weighted by molar-refractivity contribution is 0.151. The Labute approximate surface area is 169 Å². The summed E-state index contributed by atoms with van der Waals surface area (Å²) in [7, 11) is 7.54. The molecular formula is C22H36N4O2. The molecule has 2 aliphatic rings. The van der Waals surface area contributed by atoms with Gasteiger partial charge in [-0.05, 0) is 63.4 Å². The van der Waals surface area contributed by atoms with Crippen molar-refractivity contribution in [2.45, 2.75) is 38.6 Å². The van der Waals surface area contributed by atoms with Gasteiger partial charge in [0.2, 0.25) is 0 Å². The van der Waals surface area contributed by atoms with Gasteiger partial charge in [0.1, 0.15) is 0 Å². The minimum Gasteiger partial charge on any atom is -0.493 e. The molecule has 0 bridgehead atoms. The van der Waals surface area contributed by atoms with Crippen LogP contribution in [-0.4, -0.2) is 70.3 Å². The van der Waals surface area contributed by atoms with Crippen LogP contribution in [0.1, 0.15) is 44.2 Å². The Balaban J connectivity index is 1.76.